The van der Waals surface area contributed by atoms with Crippen molar-refractivity contribution in [1.29, 1.82) is 0 Å². The molecule has 0 aromatic rings. The van der Waals surface area contributed by atoms with Crippen LogP contribution >= 0.6 is 0 Å². The predicted octanol–water partition coefficient (Wildman–Crippen LogP) is 1.49. The van der Waals surface area contributed by atoms with Crippen LogP contribution in [0, 0.1) is 34.5 Å². The molecule has 3 unspecified atom stereocenters. The van der Waals surface area contributed by atoms with Crippen LogP contribution in [0.25, 0.3) is 0 Å². The van der Waals surface area contributed by atoms with Gasteiger partial charge in [-0.3, -0.25) is 20.0 Å². The number of nitrogens with one attached hydrogen (secondary N) is 1. The molecule has 28 heavy (non-hydrogen) atoms. The first-order valence-corrected chi connectivity index (χ1v) is 10.4. The predicted molar refractivity (Wildman–Crippen MR) is 105 cm³/mol. The van der Waals surface area contributed by atoms with Gasteiger partial charge in [0.1, 0.15) is 6.04 Å². The van der Waals surface area contributed by atoms with Gasteiger partial charge in [-0.15, -0.1) is 0 Å². The Morgan fingerprint density at radius 1 is 1.00 bits per heavy atom. The van der Waals surface area contributed by atoms with E-state index in [0.29, 0.717) is 48.1 Å². The number of hydrogen-bond donors (Lipinski definition) is 5. The normalized spacial score (nSPS) is 39.0. The number of nitrogens with zero attached hydrogens (tertiary/aromatic N) is 1. The minimum absolute atomic E-state index is 0.0790. The van der Waals surface area contributed by atoms with Crippen LogP contribution in [0.2, 0.25) is 0 Å². The Balaban J connectivity index is 2.26. The maximum atomic E-state index is 13.0. The van der Waals surface area contributed by atoms with Crippen molar-refractivity contribution in [3.05, 3.63) is 0 Å². The molecule has 2 amide bonds. The molecule has 162 valence electrons. The highest BCUT2D eigenvalue weighted by Gasteiger charge is 2.53. The van der Waals surface area contributed by atoms with Gasteiger partial charge in [0.25, 0.3) is 5.91 Å². The van der Waals surface area contributed by atoms with Gasteiger partial charge in [-0.2, -0.15) is 0 Å². The summed E-state index contributed by atoms with van der Waals surface area (Å²) in [5.41, 5.74) is 12.5. The highest BCUT2D eigenvalue weighted by molar-refractivity contribution is 5.87. The molecule has 2 rings (SSSR count). The summed E-state index contributed by atoms with van der Waals surface area (Å²) < 4.78 is 0. The Kier molecular flexibility index (Phi) is 7.12. The Bertz CT molecular complexity index is 565. The van der Waals surface area contributed by atoms with E-state index in [2.05, 4.69) is 27.7 Å². The summed E-state index contributed by atoms with van der Waals surface area (Å²) in [5, 5.41) is 20.6. The van der Waals surface area contributed by atoms with Crippen LogP contribution in [0.5, 0.6) is 0 Å². The van der Waals surface area contributed by atoms with E-state index < -0.39 is 23.3 Å². The van der Waals surface area contributed by atoms with Crippen LogP contribution in [0.4, 0.5) is 0 Å². The van der Waals surface area contributed by atoms with Crippen LogP contribution < -0.4 is 16.9 Å². The van der Waals surface area contributed by atoms with Crippen molar-refractivity contribution in [3.8, 4) is 0 Å². The van der Waals surface area contributed by atoms with Crippen molar-refractivity contribution in [1.82, 2.24) is 10.5 Å². The van der Waals surface area contributed by atoms with Crippen molar-refractivity contribution in [2.24, 2.45) is 46.0 Å². The maximum Gasteiger partial charge on any atom is 0.269 e. The van der Waals surface area contributed by atoms with Gasteiger partial charge in [0.2, 0.25) is 5.91 Å². The molecular weight excluding hydrogens is 360 g/mol. The Hall–Kier alpha value is -1.22. The quantitative estimate of drug-likeness (QED) is 0.325. The van der Waals surface area contributed by atoms with E-state index in [0.717, 1.165) is 12.8 Å². The number of hydrogen-bond acceptors (Lipinski definition) is 6. The molecule has 6 atom stereocenters. The SMILES string of the molecule is CC1CC(CN)(C(C(=O)NO)N(O)C(=O)C[C@]2(CN)C[C@@H](C)[C@@H](C)C2)CC1C. The smallest absolute Gasteiger partial charge is 0.269 e. The first-order valence-electron chi connectivity index (χ1n) is 10.4. The number of rotatable bonds is 7. The third-order valence-corrected chi connectivity index (χ3v) is 7.71. The van der Waals surface area contributed by atoms with Crippen LogP contribution in [-0.2, 0) is 9.59 Å². The summed E-state index contributed by atoms with van der Waals surface area (Å²) in [6.07, 6.45) is 2.91. The van der Waals surface area contributed by atoms with Gasteiger partial charge in [0.15, 0.2) is 0 Å². The number of nitrogens with two attached hydrogens (primary N) is 2. The first-order chi connectivity index (χ1) is 13.0. The molecule has 0 aromatic heterocycles. The molecule has 0 spiro atoms. The topological polar surface area (TPSA) is 142 Å². The van der Waals surface area contributed by atoms with E-state index >= 15 is 0 Å². The van der Waals surface area contributed by atoms with Crippen molar-refractivity contribution in [3.63, 3.8) is 0 Å². The lowest BCUT2D eigenvalue weighted by Gasteiger charge is -2.40. The molecule has 8 nitrogen and oxygen atoms in total. The van der Waals surface area contributed by atoms with Gasteiger partial charge in [0.05, 0.1) is 0 Å². The molecule has 0 aliphatic heterocycles. The monoisotopic (exact) mass is 398 g/mol. The molecule has 2 aliphatic carbocycles. The lowest BCUT2D eigenvalue weighted by Crippen LogP contribution is -2.59. The molecule has 8 heteroatoms. The van der Waals surface area contributed by atoms with E-state index in [9.17, 15) is 20.0 Å². The first kappa shape index (κ1) is 23.1. The Labute approximate surface area is 167 Å². The molecule has 2 saturated carbocycles. The maximum absolute atomic E-state index is 13.0. The third kappa shape index (κ3) is 4.20. The van der Waals surface area contributed by atoms with Crippen LogP contribution in [0.3, 0.4) is 0 Å². The van der Waals surface area contributed by atoms with Crippen molar-refractivity contribution in [2.45, 2.75) is 65.8 Å². The van der Waals surface area contributed by atoms with E-state index in [4.69, 9.17) is 11.5 Å². The molecule has 0 bridgehead atoms. The fourth-order valence-electron chi connectivity index (χ4n) is 5.76. The standard InChI is InChI=1S/C20H38N4O4/c1-12-5-19(10-21,6-13(12)2)9-16(25)24(28)17(18(26)23-27)20(11-22)7-14(3)15(4)8-20/h12-15,17,27-28H,5-11,21-22H2,1-4H3,(H,23,26)/t12-,13+,14?,15?,17?,19+,20?. The highest BCUT2D eigenvalue weighted by Crippen LogP contribution is 2.50. The lowest BCUT2D eigenvalue weighted by molar-refractivity contribution is -0.196. The van der Waals surface area contributed by atoms with Crippen LogP contribution in [-0.4, -0.2) is 46.4 Å². The summed E-state index contributed by atoms with van der Waals surface area (Å²) in [5.74, 6) is 0.151. The fourth-order valence-corrected chi connectivity index (χ4v) is 5.76. The van der Waals surface area contributed by atoms with Gasteiger partial charge in [0, 0.05) is 18.4 Å². The summed E-state index contributed by atoms with van der Waals surface area (Å²) in [6.45, 7) is 8.94. The minimum Gasteiger partial charge on any atom is -0.330 e. The van der Waals surface area contributed by atoms with Crippen LogP contribution in [0.15, 0.2) is 0 Å². The summed E-state index contributed by atoms with van der Waals surface area (Å²) >= 11 is 0. The third-order valence-electron chi connectivity index (χ3n) is 7.71. The average molecular weight is 399 g/mol. The second kappa shape index (κ2) is 8.65. The lowest BCUT2D eigenvalue weighted by atomic mass is 9.76. The molecular formula is C20H38N4O4. The van der Waals surface area contributed by atoms with Gasteiger partial charge in [-0.1, -0.05) is 27.7 Å². The van der Waals surface area contributed by atoms with E-state index in [1.165, 1.54) is 0 Å². The second-order valence-electron chi connectivity index (χ2n) is 9.79. The number of amides is 2. The number of carbonyl (C=O) groups is 2. The summed E-state index contributed by atoms with van der Waals surface area (Å²) in [6, 6.07) is -1.23. The zero-order chi connectivity index (χ0) is 21.3. The van der Waals surface area contributed by atoms with Crippen molar-refractivity contribution >= 4 is 11.8 Å². The van der Waals surface area contributed by atoms with Gasteiger partial charge in [-0.05, 0) is 61.3 Å². The zero-order valence-corrected chi connectivity index (χ0v) is 17.6. The highest BCUT2D eigenvalue weighted by atomic mass is 16.5. The zero-order valence-electron chi connectivity index (χ0n) is 17.6. The van der Waals surface area contributed by atoms with Gasteiger partial charge >= 0.3 is 0 Å². The van der Waals surface area contributed by atoms with Crippen molar-refractivity contribution in [2.75, 3.05) is 13.1 Å². The molecule has 0 saturated heterocycles. The fraction of sp³-hybridized carbons (Fsp3) is 0.900. The average Bonchev–Trinajstić information content (AvgIpc) is 3.11. The Morgan fingerprint density at radius 3 is 1.86 bits per heavy atom. The van der Waals surface area contributed by atoms with E-state index in [-0.39, 0.29) is 18.4 Å². The number of hydroxylamine groups is 3. The van der Waals surface area contributed by atoms with E-state index in [1.54, 1.807) is 5.48 Å². The van der Waals surface area contributed by atoms with Crippen molar-refractivity contribution < 1.29 is 20.0 Å². The molecule has 2 aliphatic rings. The Morgan fingerprint density at radius 2 is 1.46 bits per heavy atom. The molecule has 2 fully saturated rings. The molecule has 0 radical (unpaired) electrons. The second-order valence-corrected chi connectivity index (χ2v) is 9.79. The van der Waals surface area contributed by atoms with Gasteiger partial charge in [-0.25, -0.2) is 10.5 Å². The largest absolute Gasteiger partial charge is 0.330 e. The summed E-state index contributed by atoms with van der Waals surface area (Å²) in [7, 11) is 0. The summed E-state index contributed by atoms with van der Waals surface area (Å²) in [4.78, 5) is 25.6. The molecule has 0 aromatic carbocycles. The van der Waals surface area contributed by atoms with Gasteiger partial charge < -0.3 is 11.5 Å². The molecule has 7 N–H and O–H groups in total. The minimum atomic E-state index is -1.23. The van der Waals surface area contributed by atoms with E-state index in [1.807, 2.05) is 0 Å². The molecule has 0 heterocycles. The van der Waals surface area contributed by atoms with Crippen LogP contribution in [0.1, 0.15) is 59.8 Å². The number of carbonyl (C=O) groups excluding carboxylic acids is 2.